The van der Waals surface area contributed by atoms with Crippen LogP contribution in [0.5, 0.6) is 0 Å². The second-order valence-corrected chi connectivity index (χ2v) is 7.33. The van der Waals surface area contributed by atoms with Gasteiger partial charge >= 0.3 is 5.97 Å². The van der Waals surface area contributed by atoms with Crippen molar-refractivity contribution >= 4 is 37.6 Å². The molecule has 0 fully saturated rings. The molecule has 0 saturated heterocycles. The quantitative estimate of drug-likeness (QED) is 0.844. The van der Waals surface area contributed by atoms with Gasteiger partial charge in [0.25, 0.3) is 10.0 Å². The van der Waals surface area contributed by atoms with Crippen LogP contribution in [0.4, 0.5) is 5.69 Å². The van der Waals surface area contributed by atoms with E-state index in [0.29, 0.717) is 10.2 Å². The summed E-state index contributed by atoms with van der Waals surface area (Å²) in [4.78, 5) is 11.2. The Balaban J connectivity index is 2.48. The van der Waals surface area contributed by atoms with Gasteiger partial charge in [-0.25, -0.2) is 13.2 Å². The Morgan fingerprint density at radius 2 is 1.68 bits per heavy atom. The number of aryl methyl sites for hydroxylation is 1. The molecule has 22 heavy (non-hydrogen) atoms. The lowest BCUT2D eigenvalue weighted by Gasteiger charge is -2.13. The van der Waals surface area contributed by atoms with Crippen LogP contribution in [-0.2, 0) is 10.0 Å². The van der Waals surface area contributed by atoms with E-state index in [-0.39, 0.29) is 16.0 Å². The molecule has 0 spiro atoms. The minimum absolute atomic E-state index is 0.0614. The lowest BCUT2D eigenvalue weighted by molar-refractivity contribution is 0.0695. The zero-order valence-electron chi connectivity index (χ0n) is 11.9. The zero-order chi connectivity index (χ0) is 16.5. The van der Waals surface area contributed by atoms with Gasteiger partial charge in [-0.05, 0) is 59.6 Å². The van der Waals surface area contributed by atoms with Crippen molar-refractivity contribution in [2.45, 2.75) is 18.7 Å². The molecular weight excluding hydrogens is 370 g/mol. The van der Waals surface area contributed by atoms with E-state index in [1.807, 2.05) is 6.92 Å². The van der Waals surface area contributed by atoms with Gasteiger partial charge in [0.2, 0.25) is 0 Å². The molecule has 116 valence electrons. The third kappa shape index (κ3) is 3.31. The molecule has 0 heterocycles. The third-order valence-corrected chi connectivity index (χ3v) is 5.36. The summed E-state index contributed by atoms with van der Waals surface area (Å²) in [5.74, 6) is -1.18. The molecule has 0 aromatic heterocycles. The molecule has 0 saturated carbocycles. The van der Waals surface area contributed by atoms with Gasteiger partial charge in [-0.15, -0.1) is 0 Å². The first-order chi connectivity index (χ1) is 10.2. The van der Waals surface area contributed by atoms with Crippen LogP contribution in [-0.4, -0.2) is 19.5 Å². The molecule has 0 bridgehead atoms. The largest absolute Gasteiger partial charge is 0.478 e. The Bertz CT molecular complexity index is 829. The Morgan fingerprint density at radius 1 is 1.09 bits per heavy atom. The van der Waals surface area contributed by atoms with Crippen LogP contribution in [0.2, 0.25) is 0 Å². The Morgan fingerprint density at radius 3 is 2.23 bits per heavy atom. The monoisotopic (exact) mass is 383 g/mol. The second-order valence-electron chi connectivity index (χ2n) is 4.82. The lowest BCUT2D eigenvalue weighted by atomic mass is 10.1. The van der Waals surface area contributed by atoms with Crippen molar-refractivity contribution in [3.63, 3.8) is 0 Å². The SMILES string of the molecule is Cc1ccc(NS(=O)(=O)c2ccc(Br)c(C(=O)O)c2C)cc1. The highest BCUT2D eigenvalue weighted by molar-refractivity contribution is 9.10. The smallest absolute Gasteiger partial charge is 0.337 e. The van der Waals surface area contributed by atoms with Crippen molar-refractivity contribution < 1.29 is 18.3 Å². The molecule has 0 amide bonds. The number of benzene rings is 2. The molecule has 2 rings (SSSR count). The zero-order valence-corrected chi connectivity index (χ0v) is 14.3. The van der Waals surface area contributed by atoms with Crippen LogP contribution < -0.4 is 4.72 Å². The van der Waals surface area contributed by atoms with Crippen LogP contribution in [0.25, 0.3) is 0 Å². The van der Waals surface area contributed by atoms with E-state index in [1.165, 1.54) is 19.1 Å². The first-order valence-electron chi connectivity index (χ1n) is 6.34. The summed E-state index contributed by atoms with van der Waals surface area (Å²) in [5, 5.41) is 9.21. The summed E-state index contributed by atoms with van der Waals surface area (Å²) in [7, 11) is -3.86. The number of carboxylic acids is 1. The van der Waals surface area contributed by atoms with E-state index in [9.17, 15) is 18.3 Å². The van der Waals surface area contributed by atoms with Gasteiger partial charge in [0.1, 0.15) is 0 Å². The molecule has 0 aliphatic heterocycles. The average Bonchev–Trinajstić information content (AvgIpc) is 2.40. The highest BCUT2D eigenvalue weighted by Gasteiger charge is 2.23. The Hall–Kier alpha value is -1.86. The number of rotatable bonds is 4. The highest BCUT2D eigenvalue weighted by atomic mass is 79.9. The van der Waals surface area contributed by atoms with Crippen molar-refractivity contribution in [3.05, 3.63) is 57.6 Å². The summed E-state index contributed by atoms with van der Waals surface area (Å²) in [6.07, 6.45) is 0. The Labute approximate surface area is 137 Å². The molecule has 0 unspecified atom stereocenters. The van der Waals surface area contributed by atoms with Crippen LogP contribution >= 0.6 is 15.9 Å². The first-order valence-corrected chi connectivity index (χ1v) is 8.62. The molecule has 0 atom stereocenters. The van der Waals surface area contributed by atoms with Gasteiger partial charge in [-0.3, -0.25) is 4.72 Å². The molecule has 2 N–H and O–H groups in total. The molecule has 2 aromatic rings. The summed E-state index contributed by atoms with van der Waals surface area (Å²) >= 11 is 3.13. The van der Waals surface area contributed by atoms with E-state index in [2.05, 4.69) is 20.7 Å². The first kappa shape index (κ1) is 16.5. The standard InChI is InChI=1S/C15H14BrNO4S/c1-9-3-5-11(6-4-9)17-22(20,21)13-8-7-12(16)14(10(13)2)15(18)19/h3-8,17H,1-2H3,(H,18,19). The molecule has 5 nitrogen and oxygen atoms in total. The van der Waals surface area contributed by atoms with E-state index < -0.39 is 16.0 Å². The predicted octanol–water partition coefficient (Wildman–Crippen LogP) is 3.56. The number of halogens is 1. The summed E-state index contributed by atoms with van der Waals surface area (Å²) < 4.78 is 27.7. The van der Waals surface area contributed by atoms with Crippen LogP contribution in [0, 0.1) is 13.8 Å². The summed E-state index contributed by atoms with van der Waals surface area (Å²) in [6.45, 7) is 3.37. The second kappa shape index (κ2) is 6.10. The fourth-order valence-corrected chi connectivity index (χ4v) is 3.95. The number of carbonyl (C=O) groups is 1. The van der Waals surface area contributed by atoms with Crippen LogP contribution in [0.1, 0.15) is 21.5 Å². The number of anilines is 1. The maximum absolute atomic E-state index is 12.5. The van der Waals surface area contributed by atoms with Crippen molar-refractivity contribution in [2.24, 2.45) is 0 Å². The minimum atomic E-state index is -3.86. The van der Waals surface area contributed by atoms with Gasteiger partial charge in [0.15, 0.2) is 0 Å². The number of sulfonamides is 1. The highest BCUT2D eigenvalue weighted by Crippen LogP contribution is 2.27. The van der Waals surface area contributed by atoms with Crippen molar-refractivity contribution in [3.8, 4) is 0 Å². The van der Waals surface area contributed by atoms with E-state index in [1.54, 1.807) is 24.3 Å². The van der Waals surface area contributed by atoms with Gasteiger partial charge < -0.3 is 5.11 Å². The minimum Gasteiger partial charge on any atom is -0.478 e. The molecule has 0 aliphatic carbocycles. The molecule has 0 radical (unpaired) electrons. The lowest BCUT2D eigenvalue weighted by Crippen LogP contribution is -2.16. The normalized spacial score (nSPS) is 11.2. The Kier molecular flexibility index (Phi) is 4.58. The maximum atomic E-state index is 12.5. The topological polar surface area (TPSA) is 83.5 Å². The third-order valence-electron chi connectivity index (χ3n) is 3.17. The van der Waals surface area contributed by atoms with Gasteiger partial charge in [-0.2, -0.15) is 0 Å². The van der Waals surface area contributed by atoms with Gasteiger partial charge in [0, 0.05) is 10.2 Å². The number of aromatic carboxylic acids is 1. The molecule has 0 aliphatic rings. The predicted molar refractivity (Wildman–Crippen MR) is 87.8 cm³/mol. The maximum Gasteiger partial charge on any atom is 0.337 e. The average molecular weight is 384 g/mol. The van der Waals surface area contributed by atoms with E-state index >= 15 is 0 Å². The van der Waals surface area contributed by atoms with Crippen molar-refractivity contribution in [2.75, 3.05) is 4.72 Å². The van der Waals surface area contributed by atoms with E-state index in [0.717, 1.165) is 5.56 Å². The fraction of sp³-hybridized carbons (Fsp3) is 0.133. The fourth-order valence-electron chi connectivity index (χ4n) is 2.04. The molecular formula is C15H14BrNO4S. The van der Waals surface area contributed by atoms with Gasteiger partial charge in [-0.1, -0.05) is 17.7 Å². The van der Waals surface area contributed by atoms with Gasteiger partial charge in [0.05, 0.1) is 10.5 Å². The number of nitrogens with one attached hydrogen (secondary N) is 1. The number of hydrogen-bond donors (Lipinski definition) is 2. The van der Waals surface area contributed by atoms with E-state index in [4.69, 9.17) is 0 Å². The molecule has 2 aromatic carbocycles. The van der Waals surface area contributed by atoms with Crippen molar-refractivity contribution in [1.82, 2.24) is 0 Å². The number of hydrogen-bond acceptors (Lipinski definition) is 3. The molecule has 7 heteroatoms. The van der Waals surface area contributed by atoms with Crippen molar-refractivity contribution in [1.29, 1.82) is 0 Å². The van der Waals surface area contributed by atoms with Crippen LogP contribution in [0.15, 0.2) is 45.8 Å². The van der Waals surface area contributed by atoms with Crippen LogP contribution in [0.3, 0.4) is 0 Å². The summed E-state index contributed by atoms with van der Waals surface area (Å²) in [6, 6.07) is 9.67. The number of carboxylic acid groups (broad SMARTS) is 1. The summed E-state index contributed by atoms with van der Waals surface area (Å²) in [5.41, 5.74) is 1.55.